The van der Waals surface area contributed by atoms with Gasteiger partial charge in [-0.1, -0.05) is 0 Å². The Labute approximate surface area is 142 Å². The third-order valence-electron chi connectivity index (χ3n) is 6.89. The monoisotopic (exact) mass is 337 g/mol. The number of hydrogen-bond acceptors (Lipinski definition) is 5. The lowest BCUT2D eigenvalue weighted by Crippen LogP contribution is -2.60. The lowest BCUT2D eigenvalue weighted by Gasteiger charge is -2.57. The van der Waals surface area contributed by atoms with Crippen LogP contribution in [0.5, 0.6) is 0 Å². The van der Waals surface area contributed by atoms with E-state index < -0.39 is 0 Å². The topological polar surface area (TPSA) is 65.2 Å². The molecule has 5 nitrogen and oxygen atoms in total. The molecular formula is C18H15N3O2S. The summed E-state index contributed by atoms with van der Waals surface area (Å²) in [5.74, 6) is 0.374. The van der Waals surface area contributed by atoms with E-state index in [1.165, 1.54) is 16.0 Å². The van der Waals surface area contributed by atoms with E-state index in [0.717, 1.165) is 42.8 Å². The second kappa shape index (κ2) is 3.58. The van der Waals surface area contributed by atoms with Crippen LogP contribution in [-0.2, 0) is 11.2 Å². The number of rotatable bonds is 0. The van der Waals surface area contributed by atoms with Crippen molar-refractivity contribution < 1.29 is 9.59 Å². The average Bonchev–Trinajstić information content (AvgIpc) is 3.11. The number of H-pyrrole nitrogens is 1. The van der Waals surface area contributed by atoms with Crippen LogP contribution in [-0.4, -0.2) is 39.4 Å². The quantitative estimate of drug-likeness (QED) is 0.754. The number of allylic oxidation sites excluding steroid dienone is 2. The number of Topliss-reactive ketones (excluding diaryl/α,β-unsaturated/α-hetero) is 1. The number of nitrogens with one attached hydrogen (secondary N) is 2. The first-order chi connectivity index (χ1) is 11.7. The molecule has 7 rings (SSSR count). The van der Waals surface area contributed by atoms with Crippen LogP contribution < -0.4 is 5.32 Å². The number of nitrogens with zero attached hydrogens (tertiary/aromatic N) is 1. The van der Waals surface area contributed by atoms with E-state index >= 15 is 0 Å². The Balaban J connectivity index is 1.63. The second-order valence-electron chi connectivity index (χ2n) is 7.78. The zero-order valence-electron chi connectivity index (χ0n) is 12.9. The fraction of sp³-hybridized carbons (Fsp3) is 0.444. The molecule has 1 aromatic rings. The van der Waals surface area contributed by atoms with Gasteiger partial charge in [-0.2, -0.15) is 0 Å². The highest BCUT2D eigenvalue weighted by atomic mass is 32.2. The molecular weight excluding hydrogens is 322 g/mol. The molecule has 4 aliphatic heterocycles. The summed E-state index contributed by atoms with van der Waals surface area (Å²) in [4.78, 5) is 32.8. The minimum absolute atomic E-state index is 0.0229. The lowest BCUT2D eigenvalue weighted by atomic mass is 9.58. The van der Waals surface area contributed by atoms with E-state index in [1.807, 2.05) is 12.3 Å². The third-order valence-corrected chi connectivity index (χ3v) is 8.22. The van der Waals surface area contributed by atoms with Gasteiger partial charge in [0.1, 0.15) is 0 Å². The van der Waals surface area contributed by atoms with Crippen LogP contribution in [0.1, 0.15) is 40.5 Å². The zero-order chi connectivity index (χ0) is 15.8. The predicted octanol–water partition coefficient (Wildman–Crippen LogP) is 1.66. The number of fused-ring (bicyclic) bond motifs is 3. The normalized spacial score (nSPS) is 40.7. The van der Waals surface area contributed by atoms with Gasteiger partial charge in [-0.15, -0.1) is 11.8 Å². The smallest absolute Gasteiger partial charge is 0.225 e. The van der Waals surface area contributed by atoms with Crippen LogP contribution in [0.3, 0.4) is 0 Å². The molecule has 2 aliphatic carbocycles. The van der Waals surface area contributed by atoms with E-state index in [4.69, 9.17) is 0 Å². The first-order valence-electron chi connectivity index (χ1n) is 8.62. The van der Waals surface area contributed by atoms with Crippen molar-refractivity contribution in [3.05, 3.63) is 45.3 Å². The summed E-state index contributed by atoms with van der Waals surface area (Å²) in [6.45, 7) is 0.895. The maximum absolute atomic E-state index is 13.1. The SMILES string of the molecule is O=C1C2=C3C4c5c(c[nH]c51)CCN4[C@H]1C[C@@]34C[C@H](N2)SC4=CC1=O. The molecule has 6 heteroatoms. The average molecular weight is 337 g/mol. The van der Waals surface area contributed by atoms with Crippen molar-refractivity contribution in [2.45, 2.75) is 36.7 Å². The Hall–Kier alpha value is -1.79. The van der Waals surface area contributed by atoms with Crippen molar-refractivity contribution in [1.29, 1.82) is 0 Å². The first kappa shape index (κ1) is 12.6. The third kappa shape index (κ3) is 1.10. The highest BCUT2D eigenvalue weighted by molar-refractivity contribution is 8.04. The van der Waals surface area contributed by atoms with Crippen LogP contribution in [0.15, 0.2) is 28.4 Å². The minimum Gasteiger partial charge on any atom is -0.370 e. The summed E-state index contributed by atoms with van der Waals surface area (Å²) in [5, 5.41) is 3.73. The number of carbonyl (C=O) groups is 2. The van der Waals surface area contributed by atoms with Crippen molar-refractivity contribution in [2.24, 2.45) is 5.41 Å². The van der Waals surface area contributed by atoms with Crippen molar-refractivity contribution >= 4 is 23.3 Å². The van der Waals surface area contributed by atoms with Gasteiger partial charge in [-0.3, -0.25) is 14.5 Å². The molecule has 0 saturated carbocycles. The zero-order valence-corrected chi connectivity index (χ0v) is 13.7. The maximum atomic E-state index is 13.1. The fourth-order valence-corrected chi connectivity index (χ4v) is 7.55. The molecule has 5 heterocycles. The number of piperidine rings is 1. The van der Waals surface area contributed by atoms with Gasteiger partial charge in [0.2, 0.25) is 5.78 Å². The number of aromatic amines is 1. The maximum Gasteiger partial charge on any atom is 0.225 e. The number of hydrogen-bond donors (Lipinski definition) is 2. The second-order valence-corrected chi connectivity index (χ2v) is 9.02. The van der Waals surface area contributed by atoms with Crippen LogP contribution in [0.2, 0.25) is 0 Å². The molecule has 0 aromatic carbocycles. The van der Waals surface area contributed by atoms with Crippen LogP contribution in [0.4, 0.5) is 0 Å². The van der Waals surface area contributed by atoms with Gasteiger partial charge in [0.05, 0.1) is 28.8 Å². The largest absolute Gasteiger partial charge is 0.370 e. The van der Waals surface area contributed by atoms with Crippen molar-refractivity contribution in [2.75, 3.05) is 6.54 Å². The Morgan fingerprint density at radius 2 is 2.21 bits per heavy atom. The van der Waals surface area contributed by atoms with Crippen molar-refractivity contribution in [3.63, 3.8) is 0 Å². The molecule has 0 amide bonds. The summed E-state index contributed by atoms with van der Waals surface area (Å²) >= 11 is 1.76. The summed E-state index contributed by atoms with van der Waals surface area (Å²) in [7, 11) is 0. The van der Waals surface area contributed by atoms with Gasteiger partial charge in [-0.25, -0.2) is 0 Å². The Morgan fingerprint density at radius 3 is 3.12 bits per heavy atom. The molecule has 3 bridgehead atoms. The van der Waals surface area contributed by atoms with Gasteiger partial charge in [-0.05, 0) is 36.5 Å². The number of aromatic nitrogens is 1. The highest BCUT2D eigenvalue weighted by Crippen LogP contribution is 2.68. The molecule has 6 aliphatic rings. The van der Waals surface area contributed by atoms with Crippen molar-refractivity contribution in [3.8, 4) is 0 Å². The van der Waals surface area contributed by atoms with E-state index in [1.54, 1.807) is 11.8 Å². The molecule has 1 aromatic heterocycles. The molecule has 2 N–H and O–H groups in total. The molecule has 2 fully saturated rings. The van der Waals surface area contributed by atoms with Crippen LogP contribution >= 0.6 is 11.8 Å². The van der Waals surface area contributed by atoms with Gasteiger partial charge in [0.25, 0.3) is 0 Å². The van der Waals surface area contributed by atoms with Gasteiger partial charge in [0, 0.05) is 28.6 Å². The fourth-order valence-electron chi connectivity index (χ4n) is 6.01. The number of carbonyl (C=O) groups excluding carboxylic acids is 2. The van der Waals surface area contributed by atoms with Gasteiger partial charge >= 0.3 is 0 Å². The lowest BCUT2D eigenvalue weighted by molar-refractivity contribution is -0.124. The van der Waals surface area contributed by atoms with E-state index in [-0.39, 0.29) is 34.4 Å². The highest BCUT2D eigenvalue weighted by Gasteiger charge is 2.64. The molecule has 1 unspecified atom stereocenters. The minimum atomic E-state index is -0.0745. The number of thioether (sulfide) groups is 1. The summed E-state index contributed by atoms with van der Waals surface area (Å²) in [5.41, 5.74) is 5.15. The van der Waals surface area contributed by atoms with E-state index in [2.05, 4.69) is 15.2 Å². The van der Waals surface area contributed by atoms with Gasteiger partial charge < -0.3 is 10.3 Å². The Kier molecular flexibility index (Phi) is 1.87. The van der Waals surface area contributed by atoms with Crippen LogP contribution in [0, 0.1) is 5.41 Å². The summed E-state index contributed by atoms with van der Waals surface area (Å²) in [6.07, 6.45) is 6.68. The molecule has 120 valence electrons. The molecule has 2 saturated heterocycles. The summed E-state index contributed by atoms with van der Waals surface area (Å²) in [6, 6.07) is 0.0755. The molecule has 1 spiro atoms. The predicted molar refractivity (Wildman–Crippen MR) is 88.4 cm³/mol. The Morgan fingerprint density at radius 1 is 1.29 bits per heavy atom. The first-order valence-corrected chi connectivity index (χ1v) is 9.50. The summed E-state index contributed by atoms with van der Waals surface area (Å²) < 4.78 is 0. The standard InChI is InChI=1S/C18H15N3O2S/c22-9-3-10-18-4-8(9)21-2-1-7-6-19-14-12(7)16(21)13(18)15(17(14)23)20-11(5-18)24-10/h3,6,8,11,16,19-20H,1-2,4-5H2/t8-,11+,16?,18-/m0/s1. The Bertz CT molecular complexity index is 957. The number of ketones is 2. The van der Waals surface area contributed by atoms with E-state index in [0.29, 0.717) is 0 Å². The molecule has 4 atom stereocenters. The van der Waals surface area contributed by atoms with E-state index in [9.17, 15) is 9.59 Å². The van der Waals surface area contributed by atoms with Crippen molar-refractivity contribution in [1.82, 2.24) is 15.2 Å². The molecule has 24 heavy (non-hydrogen) atoms. The molecule has 0 radical (unpaired) electrons. The van der Waals surface area contributed by atoms with Crippen LogP contribution in [0.25, 0.3) is 0 Å². The van der Waals surface area contributed by atoms with Gasteiger partial charge in [0.15, 0.2) is 5.78 Å².